The third-order valence-corrected chi connectivity index (χ3v) is 3.00. The van der Waals surface area contributed by atoms with Gasteiger partial charge >= 0.3 is 0 Å². The first-order valence-electron chi connectivity index (χ1n) is 5.89. The third kappa shape index (κ3) is 3.56. The number of nitrogens with two attached hydrogens (primary N) is 1. The van der Waals surface area contributed by atoms with Crippen molar-refractivity contribution in [3.8, 4) is 0 Å². The van der Waals surface area contributed by atoms with Crippen molar-refractivity contribution in [1.82, 2.24) is 5.01 Å². The van der Waals surface area contributed by atoms with Crippen LogP contribution in [0.2, 0.25) is 0 Å². The lowest BCUT2D eigenvalue weighted by Crippen LogP contribution is -2.47. The predicted molar refractivity (Wildman–Crippen MR) is 58.8 cm³/mol. The minimum Gasteiger partial charge on any atom is -0.378 e. The van der Waals surface area contributed by atoms with E-state index in [9.17, 15) is 0 Å². The summed E-state index contributed by atoms with van der Waals surface area (Å²) < 4.78 is 5.76. The van der Waals surface area contributed by atoms with Crippen molar-refractivity contribution in [1.29, 1.82) is 0 Å². The molecule has 14 heavy (non-hydrogen) atoms. The zero-order valence-electron chi connectivity index (χ0n) is 9.54. The van der Waals surface area contributed by atoms with Crippen molar-refractivity contribution in [3.05, 3.63) is 0 Å². The molecule has 0 radical (unpaired) electrons. The molecule has 0 aromatic heterocycles. The molecule has 2 unspecified atom stereocenters. The number of unbranched alkanes of at least 4 members (excludes halogenated alkanes) is 1. The van der Waals surface area contributed by atoms with Crippen molar-refractivity contribution in [2.75, 3.05) is 19.7 Å². The maximum absolute atomic E-state index is 5.83. The second-order valence-electron chi connectivity index (χ2n) is 4.18. The molecule has 0 bridgehead atoms. The molecule has 84 valence electrons. The van der Waals surface area contributed by atoms with Crippen LogP contribution in [-0.2, 0) is 4.74 Å². The van der Waals surface area contributed by atoms with Gasteiger partial charge in [0.15, 0.2) is 0 Å². The molecule has 3 nitrogen and oxygen atoms in total. The third-order valence-electron chi connectivity index (χ3n) is 3.00. The van der Waals surface area contributed by atoms with Gasteiger partial charge in [-0.3, -0.25) is 5.84 Å². The Morgan fingerprint density at radius 2 is 2.21 bits per heavy atom. The number of nitrogens with zero attached hydrogens (tertiary/aromatic N) is 1. The average Bonchev–Trinajstić information content (AvgIpc) is 2.18. The number of hydrogen-bond donors (Lipinski definition) is 1. The first-order valence-corrected chi connectivity index (χ1v) is 5.89. The summed E-state index contributed by atoms with van der Waals surface area (Å²) in [4.78, 5) is 0. The fraction of sp³-hybridized carbons (Fsp3) is 1.00. The van der Waals surface area contributed by atoms with Gasteiger partial charge in [-0.15, -0.1) is 0 Å². The molecule has 0 aromatic carbocycles. The minimum atomic E-state index is 0.450. The summed E-state index contributed by atoms with van der Waals surface area (Å²) in [5, 5.41) is 1.94. The van der Waals surface area contributed by atoms with Crippen LogP contribution in [0.5, 0.6) is 0 Å². The molecular weight excluding hydrogens is 176 g/mol. The summed E-state index contributed by atoms with van der Waals surface area (Å²) in [7, 11) is 0. The Morgan fingerprint density at radius 3 is 2.86 bits per heavy atom. The van der Waals surface area contributed by atoms with Crippen LogP contribution in [0.25, 0.3) is 0 Å². The Balaban J connectivity index is 2.37. The normalized spacial score (nSPS) is 29.4. The lowest BCUT2D eigenvalue weighted by atomic mass is 9.90. The first kappa shape index (κ1) is 12.0. The molecule has 0 spiro atoms. The van der Waals surface area contributed by atoms with Gasteiger partial charge in [0, 0.05) is 19.7 Å². The monoisotopic (exact) mass is 200 g/mol. The molecule has 0 amide bonds. The molecule has 0 saturated carbocycles. The van der Waals surface area contributed by atoms with E-state index in [0.717, 1.165) is 26.1 Å². The summed E-state index contributed by atoms with van der Waals surface area (Å²) in [5.74, 6) is 6.48. The van der Waals surface area contributed by atoms with Gasteiger partial charge in [-0.1, -0.05) is 19.8 Å². The van der Waals surface area contributed by atoms with Gasteiger partial charge in [-0.05, 0) is 25.7 Å². The first-order chi connectivity index (χ1) is 6.77. The molecule has 3 heteroatoms. The average molecular weight is 200 g/mol. The van der Waals surface area contributed by atoms with Crippen molar-refractivity contribution < 1.29 is 4.74 Å². The number of piperidine rings is 1. The molecule has 0 aliphatic carbocycles. The lowest BCUT2D eigenvalue weighted by molar-refractivity contribution is -0.0318. The predicted octanol–water partition coefficient (Wildman–Crippen LogP) is 1.78. The standard InChI is InChI=1S/C11H24N2O/c1-3-5-6-10-9-13(12)8-7-11(10)14-4-2/h10-11H,3-9,12H2,1-2H3. The van der Waals surface area contributed by atoms with E-state index in [4.69, 9.17) is 10.6 Å². The number of hydrazine groups is 1. The maximum Gasteiger partial charge on any atom is 0.0628 e. The van der Waals surface area contributed by atoms with Crippen LogP contribution in [0.4, 0.5) is 0 Å². The summed E-state index contributed by atoms with van der Waals surface area (Å²) in [6.07, 6.45) is 5.36. The van der Waals surface area contributed by atoms with Gasteiger partial charge in [0.05, 0.1) is 6.10 Å². The summed E-state index contributed by atoms with van der Waals surface area (Å²) in [6.45, 7) is 7.13. The Morgan fingerprint density at radius 1 is 1.43 bits per heavy atom. The van der Waals surface area contributed by atoms with Gasteiger partial charge in [0.25, 0.3) is 0 Å². The van der Waals surface area contributed by atoms with Crippen LogP contribution >= 0.6 is 0 Å². The molecule has 1 saturated heterocycles. The van der Waals surface area contributed by atoms with E-state index in [-0.39, 0.29) is 0 Å². The largest absolute Gasteiger partial charge is 0.378 e. The minimum absolute atomic E-state index is 0.450. The van der Waals surface area contributed by atoms with Crippen molar-refractivity contribution >= 4 is 0 Å². The Labute approximate surface area is 87.6 Å². The van der Waals surface area contributed by atoms with Crippen molar-refractivity contribution in [2.24, 2.45) is 11.8 Å². The Kier molecular flexibility index (Phi) is 5.45. The van der Waals surface area contributed by atoms with Crippen LogP contribution in [-0.4, -0.2) is 30.8 Å². The highest BCUT2D eigenvalue weighted by molar-refractivity contribution is 4.78. The van der Waals surface area contributed by atoms with E-state index >= 15 is 0 Å². The molecule has 1 heterocycles. The Hall–Kier alpha value is -0.120. The SMILES string of the molecule is CCCCC1CN(N)CCC1OCC. The summed E-state index contributed by atoms with van der Waals surface area (Å²) in [6, 6.07) is 0. The summed E-state index contributed by atoms with van der Waals surface area (Å²) in [5.41, 5.74) is 0. The molecule has 2 atom stereocenters. The molecular formula is C11H24N2O. The van der Waals surface area contributed by atoms with Crippen LogP contribution in [0.15, 0.2) is 0 Å². The lowest BCUT2D eigenvalue weighted by Gasteiger charge is -2.36. The molecule has 1 fully saturated rings. The molecule has 1 aliphatic heterocycles. The maximum atomic E-state index is 5.83. The van der Waals surface area contributed by atoms with Crippen LogP contribution < -0.4 is 5.84 Å². The molecule has 1 aliphatic rings. The molecule has 0 aromatic rings. The number of rotatable bonds is 5. The van der Waals surface area contributed by atoms with Crippen LogP contribution in [0.1, 0.15) is 39.5 Å². The summed E-state index contributed by atoms with van der Waals surface area (Å²) >= 11 is 0. The number of ether oxygens (including phenoxy) is 1. The Bertz CT molecular complexity index is 152. The fourth-order valence-corrected chi connectivity index (χ4v) is 2.22. The second kappa shape index (κ2) is 6.38. The van der Waals surface area contributed by atoms with E-state index in [1.54, 1.807) is 0 Å². The van der Waals surface area contributed by atoms with E-state index < -0.39 is 0 Å². The van der Waals surface area contributed by atoms with Gasteiger partial charge < -0.3 is 4.74 Å². The number of hydrogen-bond acceptors (Lipinski definition) is 3. The van der Waals surface area contributed by atoms with E-state index in [2.05, 4.69) is 13.8 Å². The topological polar surface area (TPSA) is 38.5 Å². The zero-order valence-corrected chi connectivity index (χ0v) is 9.54. The van der Waals surface area contributed by atoms with Gasteiger partial charge in [0.1, 0.15) is 0 Å². The fourth-order valence-electron chi connectivity index (χ4n) is 2.22. The van der Waals surface area contributed by atoms with Crippen LogP contribution in [0, 0.1) is 5.92 Å². The van der Waals surface area contributed by atoms with Gasteiger partial charge in [0.2, 0.25) is 0 Å². The van der Waals surface area contributed by atoms with Crippen molar-refractivity contribution in [3.63, 3.8) is 0 Å². The van der Waals surface area contributed by atoms with Gasteiger partial charge in [-0.2, -0.15) is 0 Å². The second-order valence-corrected chi connectivity index (χ2v) is 4.18. The van der Waals surface area contributed by atoms with Crippen LogP contribution in [0.3, 0.4) is 0 Å². The highest BCUT2D eigenvalue weighted by Crippen LogP contribution is 2.23. The highest BCUT2D eigenvalue weighted by Gasteiger charge is 2.27. The van der Waals surface area contributed by atoms with E-state index in [0.29, 0.717) is 12.0 Å². The molecule has 2 N–H and O–H groups in total. The smallest absolute Gasteiger partial charge is 0.0628 e. The van der Waals surface area contributed by atoms with Crippen molar-refractivity contribution in [2.45, 2.75) is 45.6 Å². The van der Waals surface area contributed by atoms with Gasteiger partial charge in [-0.25, -0.2) is 5.01 Å². The quantitative estimate of drug-likeness (QED) is 0.687. The zero-order chi connectivity index (χ0) is 10.4. The van der Waals surface area contributed by atoms with E-state index in [1.165, 1.54) is 19.3 Å². The highest BCUT2D eigenvalue weighted by atomic mass is 16.5. The molecule has 1 rings (SSSR count). The van der Waals surface area contributed by atoms with E-state index in [1.807, 2.05) is 5.01 Å².